The van der Waals surface area contributed by atoms with E-state index in [0.29, 0.717) is 5.82 Å². The Morgan fingerprint density at radius 3 is 2.60 bits per heavy atom. The van der Waals surface area contributed by atoms with Crippen LogP contribution in [-0.4, -0.2) is 35.0 Å². The quantitative estimate of drug-likeness (QED) is 0.844. The maximum Gasteiger partial charge on any atom is 0.283 e. The number of aryl methyl sites for hydroxylation is 2. The van der Waals surface area contributed by atoms with Gasteiger partial charge in [0.2, 0.25) is 11.8 Å². The number of nitrogens with zero attached hydrogens (tertiary/aromatic N) is 4. The zero-order valence-electron chi connectivity index (χ0n) is 11.0. The van der Waals surface area contributed by atoms with Crippen molar-refractivity contribution in [2.24, 2.45) is 7.05 Å². The van der Waals surface area contributed by atoms with Gasteiger partial charge in [-0.3, -0.25) is 0 Å². The fourth-order valence-electron chi connectivity index (χ4n) is 1.38. The molecule has 0 bridgehead atoms. The molecule has 0 saturated heterocycles. The third-order valence-corrected chi connectivity index (χ3v) is 3.86. The normalized spacial score (nSPS) is 11.4. The molecular weight excluding hydrogens is 306 g/mol. The molecule has 0 spiro atoms. The molecular formula is C10H12ClN5O3S. The van der Waals surface area contributed by atoms with Gasteiger partial charge in [-0.05, 0) is 6.92 Å². The van der Waals surface area contributed by atoms with Gasteiger partial charge in [0.15, 0.2) is 5.03 Å². The molecule has 2 aromatic rings. The molecule has 10 heteroatoms. The molecule has 0 aliphatic rings. The standard InChI is InChI=1S/C10H12ClN5O3S/c1-6-12-9(5-16(6)2)20(17,18)15-10-13-7(11)4-8(14-10)19-3/h4-5H,1-3H3,(H,13,14,15). The highest BCUT2D eigenvalue weighted by molar-refractivity contribution is 7.92. The first-order valence-corrected chi connectivity index (χ1v) is 7.29. The number of rotatable bonds is 4. The Morgan fingerprint density at radius 2 is 2.05 bits per heavy atom. The largest absolute Gasteiger partial charge is 0.481 e. The van der Waals surface area contributed by atoms with Gasteiger partial charge in [0.05, 0.1) is 7.11 Å². The molecule has 0 unspecified atom stereocenters. The average Bonchev–Trinajstić information content (AvgIpc) is 2.69. The monoisotopic (exact) mass is 317 g/mol. The van der Waals surface area contributed by atoms with Gasteiger partial charge in [-0.25, -0.2) is 14.7 Å². The fraction of sp³-hybridized carbons (Fsp3) is 0.300. The molecule has 0 aliphatic carbocycles. The SMILES string of the molecule is COc1cc(Cl)nc(NS(=O)(=O)c2cn(C)c(C)n2)n1. The summed E-state index contributed by atoms with van der Waals surface area (Å²) in [6.07, 6.45) is 1.39. The van der Waals surface area contributed by atoms with Crippen LogP contribution in [0.5, 0.6) is 5.88 Å². The summed E-state index contributed by atoms with van der Waals surface area (Å²) < 4.78 is 32.9. The third kappa shape index (κ3) is 2.99. The van der Waals surface area contributed by atoms with Gasteiger partial charge in [0, 0.05) is 19.3 Å². The minimum atomic E-state index is -3.88. The summed E-state index contributed by atoms with van der Waals surface area (Å²) >= 11 is 5.75. The van der Waals surface area contributed by atoms with E-state index in [0.717, 1.165) is 0 Å². The number of nitrogens with one attached hydrogen (secondary N) is 1. The van der Waals surface area contributed by atoms with Gasteiger partial charge in [0.25, 0.3) is 10.0 Å². The molecule has 0 atom stereocenters. The Morgan fingerprint density at radius 1 is 1.35 bits per heavy atom. The van der Waals surface area contributed by atoms with Crippen molar-refractivity contribution in [1.29, 1.82) is 0 Å². The lowest BCUT2D eigenvalue weighted by Crippen LogP contribution is -2.15. The second-order valence-corrected chi connectivity index (χ2v) is 5.92. The van der Waals surface area contributed by atoms with E-state index in [4.69, 9.17) is 16.3 Å². The van der Waals surface area contributed by atoms with Crippen LogP contribution in [0.3, 0.4) is 0 Å². The van der Waals surface area contributed by atoms with Crippen molar-refractivity contribution in [2.75, 3.05) is 11.8 Å². The Labute approximate surface area is 120 Å². The maximum atomic E-state index is 12.1. The highest BCUT2D eigenvalue weighted by Crippen LogP contribution is 2.18. The number of hydrogen-bond acceptors (Lipinski definition) is 6. The number of ether oxygens (including phenoxy) is 1. The second-order valence-electron chi connectivity index (χ2n) is 3.90. The summed E-state index contributed by atoms with van der Waals surface area (Å²) in [4.78, 5) is 11.6. The van der Waals surface area contributed by atoms with Crippen LogP contribution in [0.4, 0.5) is 5.95 Å². The molecule has 0 aromatic carbocycles. The summed E-state index contributed by atoms with van der Waals surface area (Å²) in [6.45, 7) is 1.69. The number of halogens is 1. The molecule has 0 amide bonds. The van der Waals surface area contributed by atoms with Crippen molar-refractivity contribution in [2.45, 2.75) is 11.9 Å². The summed E-state index contributed by atoms with van der Waals surface area (Å²) in [5.74, 6) is 0.535. The van der Waals surface area contributed by atoms with Crippen LogP contribution in [0.25, 0.3) is 0 Å². The Hall–Kier alpha value is -1.87. The zero-order valence-corrected chi connectivity index (χ0v) is 12.5. The Bertz CT molecular complexity index is 724. The van der Waals surface area contributed by atoms with Crippen LogP contribution in [0.15, 0.2) is 17.3 Å². The molecule has 0 radical (unpaired) electrons. The van der Waals surface area contributed by atoms with Crippen LogP contribution < -0.4 is 9.46 Å². The van der Waals surface area contributed by atoms with E-state index in [1.165, 1.54) is 19.4 Å². The van der Waals surface area contributed by atoms with Gasteiger partial charge < -0.3 is 9.30 Å². The third-order valence-electron chi connectivity index (χ3n) is 2.47. The van der Waals surface area contributed by atoms with Crippen LogP contribution in [0, 0.1) is 6.92 Å². The van der Waals surface area contributed by atoms with Crippen molar-refractivity contribution >= 4 is 27.6 Å². The molecule has 2 rings (SSSR count). The topological polar surface area (TPSA) is 99.0 Å². The van der Waals surface area contributed by atoms with Gasteiger partial charge in [0.1, 0.15) is 11.0 Å². The number of sulfonamides is 1. The van der Waals surface area contributed by atoms with Crippen molar-refractivity contribution in [1.82, 2.24) is 19.5 Å². The first-order valence-electron chi connectivity index (χ1n) is 5.43. The Kier molecular flexibility index (Phi) is 3.82. The predicted octanol–water partition coefficient (Wildman–Crippen LogP) is 0.981. The van der Waals surface area contributed by atoms with Crippen molar-refractivity contribution in [3.05, 3.63) is 23.2 Å². The van der Waals surface area contributed by atoms with E-state index in [1.807, 2.05) is 0 Å². The lowest BCUT2D eigenvalue weighted by molar-refractivity contribution is 0.397. The first-order chi connectivity index (χ1) is 9.31. The predicted molar refractivity (Wildman–Crippen MR) is 72.3 cm³/mol. The van der Waals surface area contributed by atoms with Gasteiger partial charge in [-0.1, -0.05) is 11.6 Å². The number of methoxy groups -OCH3 is 1. The summed E-state index contributed by atoms with van der Waals surface area (Å²) in [5, 5.41) is -0.0632. The minimum Gasteiger partial charge on any atom is -0.481 e. The highest BCUT2D eigenvalue weighted by atomic mass is 35.5. The zero-order chi connectivity index (χ0) is 14.9. The maximum absolute atomic E-state index is 12.1. The van der Waals surface area contributed by atoms with Crippen molar-refractivity contribution in [3.63, 3.8) is 0 Å². The molecule has 20 heavy (non-hydrogen) atoms. The Balaban J connectivity index is 2.35. The van der Waals surface area contributed by atoms with E-state index >= 15 is 0 Å². The number of anilines is 1. The van der Waals surface area contributed by atoms with E-state index in [-0.39, 0.29) is 22.0 Å². The minimum absolute atomic E-state index is 0.0618. The van der Waals surface area contributed by atoms with Crippen molar-refractivity contribution in [3.8, 4) is 5.88 Å². The van der Waals surface area contributed by atoms with Gasteiger partial charge in [-0.2, -0.15) is 13.4 Å². The molecule has 0 fully saturated rings. The number of imidazole rings is 1. The molecule has 8 nitrogen and oxygen atoms in total. The number of hydrogen-bond donors (Lipinski definition) is 1. The molecule has 108 valence electrons. The second kappa shape index (κ2) is 5.25. The average molecular weight is 318 g/mol. The molecule has 2 heterocycles. The van der Waals surface area contributed by atoms with Crippen LogP contribution >= 0.6 is 11.6 Å². The first kappa shape index (κ1) is 14.5. The highest BCUT2D eigenvalue weighted by Gasteiger charge is 2.20. The smallest absolute Gasteiger partial charge is 0.283 e. The van der Waals surface area contributed by atoms with Crippen LogP contribution in [-0.2, 0) is 17.1 Å². The molecule has 0 saturated carbocycles. The van der Waals surface area contributed by atoms with Crippen molar-refractivity contribution < 1.29 is 13.2 Å². The fourth-order valence-corrected chi connectivity index (χ4v) is 2.53. The molecule has 2 aromatic heterocycles. The van der Waals surface area contributed by atoms with E-state index < -0.39 is 10.0 Å². The van der Waals surface area contributed by atoms with Crippen LogP contribution in [0.2, 0.25) is 5.15 Å². The lowest BCUT2D eigenvalue weighted by Gasteiger charge is -2.06. The summed E-state index contributed by atoms with van der Waals surface area (Å²) in [5.41, 5.74) is 0. The van der Waals surface area contributed by atoms with Crippen LogP contribution in [0.1, 0.15) is 5.82 Å². The van der Waals surface area contributed by atoms with Gasteiger partial charge >= 0.3 is 0 Å². The summed E-state index contributed by atoms with van der Waals surface area (Å²) in [7, 11) is -0.795. The van der Waals surface area contributed by atoms with E-state index in [9.17, 15) is 8.42 Å². The number of aromatic nitrogens is 4. The molecule has 1 N–H and O–H groups in total. The summed E-state index contributed by atoms with van der Waals surface area (Å²) in [6, 6.07) is 1.37. The van der Waals surface area contributed by atoms with E-state index in [2.05, 4.69) is 19.7 Å². The van der Waals surface area contributed by atoms with Gasteiger partial charge in [-0.15, -0.1) is 0 Å². The van der Waals surface area contributed by atoms with E-state index in [1.54, 1.807) is 18.5 Å². The molecule has 0 aliphatic heterocycles. The lowest BCUT2D eigenvalue weighted by atomic mass is 10.6.